The number of rotatable bonds is 3. The smallest absolute Gasteiger partial charge is 0.352 e. The summed E-state index contributed by atoms with van der Waals surface area (Å²) in [5.74, 6) is 0.956. The molecule has 4 heterocycles. The third-order valence-corrected chi connectivity index (χ3v) is 5.25. The lowest BCUT2D eigenvalue weighted by Crippen LogP contribution is -2.27. The average Bonchev–Trinajstić information content (AvgIpc) is 3.23. The highest BCUT2D eigenvalue weighted by Crippen LogP contribution is 2.32. The molecule has 4 aromatic rings. The van der Waals surface area contributed by atoms with E-state index in [1.54, 1.807) is 34.3 Å². The van der Waals surface area contributed by atoms with Gasteiger partial charge in [-0.1, -0.05) is 12.2 Å². The van der Waals surface area contributed by atoms with Crippen molar-refractivity contribution in [2.45, 2.75) is 27.3 Å². The number of hydrogen-bond acceptors (Lipinski definition) is 5. The van der Waals surface area contributed by atoms with Crippen LogP contribution in [0.1, 0.15) is 17.4 Å². The van der Waals surface area contributed by atoms with Gasteiger partial charge in [0.15, 0.2) is 11.4 Å². The Labute approximate surface area is 141 Å². The van der Waals surface area contributed by atoms with E-state index in [-0.39, 0.29) is 5.69 Å². The zero-order chi connectivity index (χ0) is 17.0. The van der Waals surface area contributed by atoms with Crippen LogP contribution in [0, 0.1) is 13.8 Å². The van der Waals surface area contributed by atoms with Gasteiger partial charge in [-0.3, -0.25) is 4.57 Å². The van der Waals surface area contributed by atoms with Crippen LogP contribution in [-0.2, 0) is 6.54 Å². The molecule has 0 atom stereocenters. The van der Waals surface area contributed by atoms with Crippen LogP contribution in [0.3, 0.4) is 0 Å². The van der Waals surface area contributed by atoms with Gasteiger partial charge in [0, 0.05) is 11.4 Å². The molecule has 6 nitrogen and oxygen atoms in total. The van der Waals surface area contributed by atoms with E-state index < -0.39 is 0 Å². The number of furan rings is 1. The van der Waals surface area contributed by atoms with E-state index in [9.17, 15) is 4.79 Å². The second kappa shape index (κ2) is 5.17. The Kier molecular flexibility index (Phi) is 3.21. The molecule has 0 aromatic carbocycles. The van der Waals surface area contributed by atoms with Crippen molar-refractivity contribution in [1.29, 1.82) is 0 Å². The van der Waals surface area contributed by atoms with Gasteiger partial charge < -0.3 is 4.42 Å². The predicted molar refractivity (Wildman–Crippen MR) is 94.6 cm³/mol. The summed E-state index contributed by atoms with van der Waals surface area (Å²) in [6.07, 6.45) is 1.57. The van der Waals surface area contributed by atoms with Crippen molar-refractivity contribution in [3.63, 3.8) is 0 Å². The summed E-state index contributed by atoms with van der Waals surface area (Å²) in [6.45, 7) is 10.4. The zero-order valence-corrected chi connectivity index (χ0v) is 14.5. The van der Waals surface area contributed by atoms with Crippen molar-refractivity contribution in [1.82, 2.24) is 19.2 Å². The summed E-state index contributed by atoms with van der Waals surface area (Å²) in [5.41, 5.74) is 2.38. The summed E-state index contributed by atoms with van der Waals surface area (Å²) in [6, 6.07) is 3.56. The molecule has 122 valence electrons. The van der Waals surface area contributed by atoms with Gasteiger partial charge in [-0.25, -0.2) is 9.78 Å². The van der Waals surface area contributed by atoms with Crippen LogP contribution in [0.15, 0.2) is 39.8 Å². The van der Waals surface area contributed by atoms with Crippen LogP contribution in [0.25, 0.3) is 27.4 Å². The van der Waals surface area contributed by atoms with Gasteiger partial charge in [0.05, 0.1) is 11.6 Å². The van der Waals surface area contributed by atoms with Crippen LogP contribution >= 0.6 is 11.3 Å². The van der Waals surface area contributed by atoms with Gasteiger partial charge in [-0.2, -0.15) is 4.52 Å². The van der Waals surface area contributed by atoms with Crippen LogP contribution < -0.4 is 5.69 Å². The Hall–Kier alpha value is -2.67. The SMILES string of the molecule is C=C(C)Cn1c(=O)n2nc(-c3ccco3)nc2c2c(C)c(C)sc21. The largest absolute Gasteiger partial charge is 0.461 e. The summed E-state index contributed by atoms with van der Waals surface area (Å²) in [7, 11) is 0. The minimum atomic E-state index is -0.216. The highest BCUT2D eigenvalue weighted by atomic mass is 32.1. The molecule has 24 heavy (non-hydrogen) atoms. The third kappa shape index (κ3) is 2.05. The maximum Gasteiger partial charge on any atom is 0.352 e. The highest BCUT2D eigenvalue weighted by molar-refractivity contribution is 7.19. The standard InChI is InChI=1S/C17H16N4O2S/c1-9(2)8-20-16-13(10(3)11(4)24-16)15-18-14(12-6-5-7-23-12)19-21(15)17(20)22/h5-7H,1,8H2,2-4H3. The predicted octanol–water partition coefficient (Wildman–Crippen LogP) is 3.56. The summed E-state index contributed by atoms with van der Waals surface area (Å²) >= 11 is 1.60. The molecule has 0 radical (unpaired) electrons. The number of aryl methyl sites for hydroxylation is 2. The molecular formula is C17H16N4O2S. The first-order chi connectivity index (χ1) is 11.5. The Morgan fingerprint density at radius 3 is 2.88 bits per heavy atom. The molecule has 0 amide bonds. The lowest BCUT2D eigenvalue weighted by atomic mass is 10.2. The molecule has 0 unspecified atom stereocenters. The minimum Gasteiger partial charge on any atom is -0.461 e. The second-order valence-electron chi connectivity index (χ2n) is 5.94. The molecule has 0 saturated carbocycles. The number of allylic oxidation sites excluding steroid dienone is 1. The fourth-order valence-electron chi connectivity index (χ4n) is 2.79. The Morgan fingerprint density at radius 1 is 1.42 bits per heavy atom. The fourth-order valence-corrected chi connectivity index (χ4v) is 3.93. The molecular weight excluding hydrogens is 324 g/mol. The Balaban J connectivity index is 2.16. The van der Waals surface area contributed by atoms with E-state index in [1.165, 1.54) is 4.52 Å². The first kappa shape index (κ1) is 14.9. The number of aromatic nitrogens is 4. The van der Waals surface area contributed by atoms with Crippen LogP contribution in [0.2, 0.25) is 0 Å². The molecule has 0 aliphatic rings. The second-order valence-corrected chi connectivity index (χ2v) is 7.14. The van der Waals surface area contributed by atoms with Gasteiger partial charge >= 0.3 is 5.69 Å². The quantitative estimate of drug-likeness (QED) is 0.535. The Bertz CT molecular complexity index is 1150. The Morgan fingerprint density at radius 2 is 2.21 bits per heavy atom. The molecule has 0 aliphatic heterocycles. The van der Waals surface area contributed by atoms with Crippen molar-refractivity contribution >= 4 is 27.2 Å². The molecule has 0 saturated heterocycles. The number of nitrogens with zero attached hydrogens (tertiary/aromatic N) is 4. The topological polar surface area (TPSA) is 65.3 Å². The van der Waals surface area contributed by atoms with E-state index >= 15 is 0 Å². The van der Waals surface area contributed by atoms with Crippen LogP contribution in [0.5, 0.6) is 0 Å². The molecule has 0 spiro atoms. The monoisotopic (exact) mass is 340 g/mol. The molecule has 0 N–H and O–H groups in total. The molecule has 7 heteroatoms. The molecule has 0 aliphatic carbocycles. The number of hydrogen-bond donors (Lipinski definition) is 0. The zero-order valence-electron chi connectivity index (χ0n) is 13.7. The highest BCUT2D eigenvalue weighted by Gasteiger charge is 2.20. The van der Waals surface area contributed by atoms with Gasteiger partial charge in [0.1, 0.15) is 4.83 Å². The van der Waals surface area contributed by atoms with E-state index in [0.29, 0.717) is 23.8 Å². The molecule has 4 aromatic heterocycles. The molecule has 4 rings (SSSR count). The van der Waals surface area contributed by atoms with Gasteiger partial charge in [-0.15, -0.1) is 16.4 Å². The first-order valence-electron chi connectivity index (χ1n) is 7.55. The maximum atomic E-state index is 12.9. The van der Waals surface area contributed by atoms with Crippen molar-refractivity contribution in [2.75, 3.05) is 0 Å². The average molecular weight is 340 g/mol. The maximum absolute atomic E-state index is 12.9. The van der Waals surface area contributed by atoms with Crippen molar-refractivity contribution < 1.29 is 4.42 Å². The molecule has 0 fully saturated rings. The summed E-state index contributed by atoms with van der Waals surface area (Å²) < 4.78 is 8.45. The lowest BCUT2D eigenvalue weighted by Gasteiger charge is -2.07. The van der Waals surface area contributed by atoms with E-state index in [1.807, 2.05) is 13.8 Å². The number of thiophene rings is 1. The third-order valence-electron chi connectivity index (χ3n) is 4.02. The van der Waals surface area contributed by atoms with Crippen molar-refractivity contribution in [2.24, 2.45) is 0 Å². The minimum absolute atomic E-state index is 0.216. The van der Waals surface area contributed by atoms with Gasteiger partial charge in [0.2, 0.25) is 5.82 Å². The summed E-state index contributed by atoms with van der Waals surface area (Å²) in [5, 5.41) is 5.34. The van der Waals surface area contributed by atoms with E-state index in [0.717, 1.165) is 26.2 Å². The number of fused-ring (bicyclic) bond motifs is 3. The lowest BCUT2D eigenvalue weighted by molar-refractivity contribution is 0.576. The van der Waals surface area contributed by atoms with Crippen LogP contribution in [0.4, 0.5) is 0 Å². The first-order valence-corrected chi connectivity index (χ1v) is 8.36. The van der Waals surface area contributed by atoms with E-state index in [4.69, 9.17) is 4.42 Å². The van der Waals surface area contributed by atoms with Crippen molar-refractivity contribution in [3.05, 3.63) is 51.5 Å². The van der Waals surface area contributed by atoms with E-state index in [2.05, 4.69) is 23.6 Å². The normalized spacial score (nSPS) is 11.6. The summed E-state index contributed by atoms with van der Waals surface area (Å²) in [4.78, 5) is 19.6. The van der Waals surface area contributed by atoms with Crippen molar-refractivity contribution in [3.8, 4) is 11.6 Å². The molecule has 0 bridgehead atoms. The fraction of sp³-hybridized carbons (Fsp3) is 0.235. The van der Waals surface area contributed by atoms with Crippen LogP contribution in [-0.4, -0.2) is 19.2 Å². The van der Waals surface area contributed by atoms with Gasteiger partial charge in [0.25, 0.3) is 0 Å². The van der Waals surface area contributed by atoms with Gasteiger partial charge in [-0.05, 0) is 38.5 Å².